The number of rotatable bonds is 8. The van der Waals surface area contributed by atoms with Crippen LogP contribution in [0.3, 0.4) is 0 Å². The maximum absolute atomic E-state index is 13.3. The first-order valence-corrected chi connectivity index (χ1v) is 9.71. The molecule has 1 aromatic heterocycles. The van der Waals surface area contributed by atoms with Gasteiger partial charge in [-0.05, 0) is 60.5 Å². The van der Waals surface area contributed by atoms with Crippen molar-refractivity contribution >= 4 is 29.9 Å². The Balaban J connectivity index is 0.00000341. The number of benzene rings is 2. The molecule has 3 rings (SSSR count). The number of aliphatic imine (C=N–C) groups is 1. The normalized spacial score (nSPS) is 10.7. The molecule has 0 spiro atoms. The maximum atomic E-state index is 13.3. The average molecular weight is 536 g/mol. The lowest BCUT2D eigenvalue weighted by atomic mass is 10.2. The average Bonchev–Trinajstić information content (AvgIpc) is 2.76. The molecule has 6 nitrogen and oxygen atoms in total. The zero-order valence-electron chi connectivity index (χ0n) is 17.5. The molecule has 0 atom stereocenters. The predicted molar refractivity (Wildman–Crippen MR) is 131 cm³/mol. The van der Waals surface area contributed by atoms with Crippen molar-refractivity contribution < 1.29 is 13.9 Å². The molecule has 0 amide bonds. The summed E-state index contributed by atoms with van der Waals surface area (Å²) in [4.78, 5) is 8.46. The number of hydrogen-bond acceptors (Lipinski definition) is 4. The van der Waals surface area contributed by atoms with E-state index in [0.717, 1.165) is 16.9 Å². The second-order valence-electron chi connectivity index (χ2n) is 6.42. The van der Waals surface area contributed by atoms with Gasteiger partial charge in [0.05, 0.1) is 6.61 Å². The van der Waals surface area contributed by atoms with Crippen LogP contribution in [0.1, 0.15) is 18.1 Å². The molecule has 0 fully saturated rings. The molecule has 2 aromatic carbocycles. The maximum Gasteiger partial charge on any atom is 0.219 e. The van der Waals surface area contributed by atoms with Gasteiger partial charge in [0.2, 0.25) is 5.88 Å². The van der Waals surface area contributed by atoms with E-state index in [1.807, 2.05) is 49.4 Å². The Kier molecular flexibility index (Phi) is 10.0. The number of nitrogens with one attached hydrogen (secondary N) is 2. The fourth-order valence-electron chi connectivity index (χ4n) is 2.75. The highest BCUT2D eigenvalue weighted by Gasteiger charge is 2.04. The van der Waals surface area contributed by atoms with E-state index < -0.39 is 0 Å². The molecular weight excluding hydrogens is 510 g/mol. The van der Waals surface area contributed by atoms with Crippen molar-refractivity contribution in [3.63, 3.8) is 0 Å². The molecule has 31 heavy (non-hydrogen) atoms. The number of guanidine groups is 1. The van der Waals surface area contributed by atoms with Gasteiger partial charge >= 0.3 is 0 Å². The molecule has 164 valence electrons. The van der Waals surface area contributed by atoms with Gasteiger partial charge in [0.15, 0.2) is 5.96 Å². The minimum atomic E-state index is -0.255. The number of hydrogen-bond donors (Lipinski definition) is 2. The molecule has 0 unspecified atom stereocenters. The topological polar surface area (TPSA) is 67.8 Å². The predicted octanol–water partition coefficient (Wildman–Crippen LogP) is 4.89. The summed E-state index contributed by atoms with van der Waals surface area (Å²) in [7, 11) is 1.69. The molecule has 0 aliphatic heterocycles. The van der Waals surface area contributed by atoms with Gasteiger partial charge < -0.3 is 20.1 Å². The largest absolute Gasteiger partial charge is 0.494 e. The van der Waals surface area contributed by atoms with Crippen LogP contribution in [0.15, 0.2) is 71.9 Å². The lowest BCUT2D eigenvalue weighted by Crippen LogP contribution is -2.36. The molecule has 0 radical (unpaired) electrons. The second kappa shape index (κ2) is 12.7. The van der Waals surface area contributed by atoms with Crippen LogP contribution in [0, 0.1) is 5.82 Å². The molecule has 0 aliphatic rings. The molecule has 0 saturated heterocycles. The van der Waals surface area contributed by atoms with Crippen molar-refractivity contribution in [3.05, 3.63) is 83.8 Å². The van der Waals surface area contributed by atoms with Crippen LogP contribution in [-0.4, -0.2) is 24.6 Å². The number of ether oxygens (including phenoxy) is 2. The highest BCUT2D eigenvalue weighted by Crippen LogP contribution is 2.23. The molecule has 0 bridgehead atoms. The van der Waals surface area contributed by atoms with E-state index in [9.17, 15) is 4.39 Å². The Morgan fingerprint density at radius 1 is 0.968 bits per heavy atom. The first-order valence-electron chi connectivity index (χ1n) is 9.71. The minimum Gasteiger partial charge on any atom is -0.494 e. The fraction of sp³-hybridized carbons (Fsp3) is 0.217. The third kappa shape index (κ3) is 8.05. The van der Waals surface area contributed by atoms with E-state index in [1.54, 1.807) is 19.3 Å². The summed E-state index contributed by atoms with van der Waals surface area (Å²) in [5.74, 6) is 2.34. The summed E-state index contributed by atoms with van der Waals surface area (Å²) < 4.78 is 24.6. The number of pyridine rings is 1. The Morgan fingerprint density at radius 2 is 1.65 bits per heavy atom. The van der Waals surface area contributed by atoms with Crippen LogP contribution < -0.4 is 20.1 Å². The van der Waals surface area contributed by atoms with Gasteiger partial charge in [-0.3, -0.25) is 4.99 Å². The van der Waals surface area contributed by atoms with Crippen LogP contribution in [0.25, 0.3) is 0 Å². The van der Waals surface area contributed by atoms with E-state index in [4.69, 9.17) is 9.47 Å². The SMILES string of the molecule is CCOc1ccc(Oc2cc(CNC(=NC)NCc3cccc(F)c3)ccn2)cc1.I. The summed E-state index contributed by atoms with van der Waals surface area (Å²) in [6, 6.07) is 17.6. The Bertz CT molecular complexity index is 983. The van der Waals surface area contributed by atoms with E-state index in [-0.39, 0.29) is 29.8 Å². The quantitative estimate of drug-likeness (QED) is 0.244. The van der Waals surface area contributed by atoms with Crippen LogP contribution >= 0.6 is 24.0 Å². The fourth-order valence-corrected chi connectivity index (χ4v) is 2.75. The van der Waals surface area contributed by atoms with Crippen LogP contribution in [0.4, 0.5) is 4.39 Å². The summed E-state index contributed by atoms with van der Waals surface area (Å²) in [6.07, 6.45) is 1.70. The van der Waals surface area contributed by atoms with Crippen molar-refractivity contribution in [3.8, 4) is 17.4 Å². The zero-order valence-corrected chi connectivity index (χ0v) is 19.8. The van der Waals surface area contributed by atoms with Crippen molar-refractivity contribution in [2.75, 3.05) is 13.7 Å². The van der Waals surface area contributed by atoms with Gasteiger partial charge in [0.25, 0.3) is 0 Å². The molecule has 0 aliphatic carbocycles. The minimum absolute atomic E-state index is 0. The Hall–Kier alpha value is -2.88. The third-order valence-corrected chi connectivity index (χ3v) is 4.19. The van der Waals surface area contributed by atoms with Crippen molar-refractivity contribution in [2.24, 2.45) is 4.99 Å². The zero-order chi connectivity index (χ0) is 21.2. The number of aromatic nitrogens is 1. The molecule has 0 saturated carbocycles. The molecule has 1 heterocycles. The molecular formula is C23H26FIN4O2. The highest BCUT2D eigenvalue weighted by atomic mass is 127. The van der Waals surface area contributed by atoms with E-state index in [2.05, 4.69) is 20.6 Å². The summed E-state index contributed by atoms with van der Waals surface area (Å²) in [5, 5.41) is 6.40. The van der Waals surface area contributed by atoms with Crippen LogP contribution in [-0.2, 0) is 13.1 Å². The first-order chi connectivity index (χ1) is 14.7. The van der Waals surface area contributed by atoms with Gasteiger partial charge in [-0.15, -0.1) is 24.0 Å². The van der Waals surface area contributed by atoms with Crippen LogP contribution in [0.5, 0.6) is 17.4 Å². The van der Waals surface area contributed by atoms with Gasteiger partial charge in [0, 0.05) is 32.4 Å². The number of nitrogens with zero attached hydrogens (tertiary/aromatic N) is 2. The standard InChI is InChI=1S/C23H25FN4O2.HI/c1-3-29-20-7-9-21(10-8-20)30-22-14-18(11-12-26-22)16-28-23(25-2)27-15-17-5-4-6-19(24)13-17;/h4-14H,3,15-16H2,1-2H3,(H2,25,27,28);1H. The summed E-state index contributed by atoms with van der Waals surface area (Å²) in [5.41, 5.74) is 1.83. The monoisotopic (exact) mass is 536 g/mol. The lowest BCUT2D eigenvalue weighted by molar-refractivity contribution is 0.339. The highest BCUT2D eigenvalue weighted by molar-refractivity contribution is 14.0. The molecule has 2 N–H and O–H groups in total. The van der Waals surface area contributed by atoms with Crippen molar-refractivity contribution in [2.45, 2.75) is 20.0 Å². The Morgan fingerprint density at radius 3 is 2.29 bits per heavy atom. The van der Waals surface area contributed by atoms with Gasteiger partial charge in [-0.25, -0.2) is 9.37 Å². The molecule has 8 heteroatoms. The van der Waals surface area contributed by atoms with Crippen molar-refractivity contribution in [1.29, 1.82) is 0 Å². The smallest absolute Gasteiger partial charge is 0.219 e. The van der Waals surface area contributed by atoms with E-state index in [1.165, 1.54) is 12.1 Å². The summed E-state index contributed by atoms with van der Waals surface area (Å²) >= 11 is 0. The van der Waals surface area contributed by atoms with Gasteiger partial charge in [0.1, 0.15) is 17.3 Å². The Labute approximate surface area is 198 Å². The summed E-state index contributed by atoms with van der Waals surface area (Å²) in [6.45, 7) is 3.57. The van der Waals surface area contributed by atoms with E-state index >= 15 is 0 Å². The van der Waals surface area contributed by atoms with Crippen LogP contribution in [0.2, 0.25) is 0 Å². The third-order valence-electron chi connectivity index (χ3n) is 4.19. The van der Waals surface area contributed by atoms with Crippen molar-refractivity contribution in [1.82, 2.24) is 15.6 Å². The van der Waals surface area contributed by atoms with Gasteiger partial charge in [-0.2, -0.15) is 0 Å². The molecule has 3 aromatic rings. The first kappa shape index (κ1) is 24.4. The van der Waals surface area contributed by atoms with E-state index in [0.29, 0.717) is 37.3 Å². The van der Waals surface area contributed by atoms with Gasteiger partial charge in [-0.1, -0.05) is 12.1 Å². The second-order valence-corrected chi connectivity index (χ2v) is 6.42. The lowest BCUT2D eigenvalue weighted by Gasteiger charge is -2.13. The number of halogens is 2.